The molecule has 4 amide bonds. The van der Waals surface area contributed by atoms with Gasteiger partial charge in [0.2, 0.25) is 11.8 Å². The molecular weight excluding hydrogens is 468 g/mol. The van der Waals surface area contributed by atoms with Crippen molar-refractivity contribution in [3.8, 4) is 0 Å². The molecule has 36 heavy (non-hydrogen) atoms. The van der Waals surface area contributed by atoms with E-state index in [9.17, 15) is 19.2 Å². The van der Waals surface area contributed by atoms with Crippen molar-refractivity contribution in [3.05, 3.63) is 0 Å². The highest BCUT2D eigenvalue weighted by atomic mass is 16.6. The fraction of sp³-hybridized carbons (Fsp3) is 0.833. The third-order valence-electron chi connectivity index (χ3n) is 4.25. The molecule has 0 atom stereocenters. The third kappa shape index (κ3) is 24.5. The minimum Gasteiger partial charge on any atom is -0.444 e. The first-order valence-corrected chi connectivity index (χ1v) is 12.7. The molecule has 0 spiro atoms. The van der Waals surface area contributed by atoms with Gasteiger partial charge >= 0.3 is 12.2 Å². The highest BCUT2D eigenvalue weighted by molar-refractivity contribution is 5.82. The van der Waals surface area contributed by atoms with E-state index >= 15 is 0 Å². The zero-order valence-corrected chi connectivity index (χ0v) is 22.9. The maximum atomic E-state index is 11.7. The van der Waals surface area contributed by atoms with E-state index < -0.39 is 23.4 Å². The van der Waals surface area contributed by atoms with Gasteiger partial charge in [-0.2, -0.15) is 0 Å². The fourth-order valence-corrected chi connectivity index (χ4v) is 2.69. The summed E-state index contributed by atoms with van der Waals surface area (Å²) in [6.07, 6.45) is 2.46. The zero-order valence-electron chi connectivity index (χ0n) is 22.9. The predicted octanol–water partition coefficient (Wildman–Crippen LogP) is 1.01. The Morgan fingerprint density at radius 3 is 1.17 bits per heavy atom. The summed E-state index contributed by atoms with van der Waals surface area (Å²) in [5.41, 5.74) is -1.18. The summed E-state index contributed by atoms with van der Waals surface area (Å²) in [5, 5.41) is 17.0. The first-order valence-electron chi connectivity index (χ1n) is 12.7. The van der Waals surface area contributed by atoms with Gasteiger partial charge in [-0.15, -0.1) is 0 Å². The normalized spacial score (nSPS) is 11.4. The Hall–Kier alpha value is -2.60. The van der Waals surface area contributed by atoms with Crippen LogP contribution in [-0.2, 0) is 19.1 Å². The molecule has 0 unspecified atom stereocenters. The molecule has 12 nitrogen and oxygen atoms in total. The van der Waals surface area contributed by atoms with Gasteiger partial charge in [-0.1, -0.05) is 0 Å². The average molecular weight is 517 g/mol. The number of carbonyl (C=O) groups is 4. The van der Waals surface area contributed by atoms with E-state index in [-0.39, 0.29) is 24.9 Å². The van der Waals surface area contributed by atoms with Crippen LogP contribution >= 0.6 is 0 Å². The van der Waals surface area contributed by atoms with Crippen molar-refractivity contribution in [2.24, 2.45) is 0 Å². The summed E-state index contributed by atoms with van der Waals surface area (Å²) >= 11 is 0. The van der Waals surface area contributed by atoms with Crippen molar-refractivity contribution in [2.75, 3.05) is 52.4 Å². The number of nitrogens with one attached hydrogen (secondary N) is 6. The molecule has 0 rings (SSSR count). The molecular formula is C24H48N6O6. The second kappa shape index (κ2) is 18.6. The van der Waals surface area contributed by atoms with Crippen LogP contribution in [0, 0.1) is 0 Å². The number of carbonyl (C=O) groups excluding carboxylic acids is 4. The van der Waals surface area contributed by atoms with Crippen LogP contribution in [0.1, 0.15) is 67.2 Å². The highest BCUT2D eigenvalue weighted by Gasteiger charge is 2.17. The molecule has 210 valence electrons. The Labute approximate surface area is 215 Å². The number of rotatable bonds is 17. The molecule has 0 aromatic carbocycles. The molecule has 0 aromatic heterocycles. The number of ether oxygens (including phenoxy) is 2. The number of hydrogen-bond acceptors (Lipinski definition) is 8. The van der Waals surface area contributed by atoms with Gasteiger partial charge in [-0.05, 0) is 93.4 Å². The van der Waals surface area contributed by atoms with Crippen molar-refractivity contribution >= 4 is 24.0 Å². The van der Waals surface area contributed by atoms with Gasteiger partial charge in [-0.25, -0.2) is 9.59 Å². The topological polar surface area (TPSA) is 159 Å². The average Bonchev–Trinajstić information content (AvgIpc) is 2.74. The molecule has 0 aliphatic rings. The quantitative estimate of drug-likeness (QED) is 0.156. The van der Waals surface area contributed by atoms with Crippen molar-refractivity contribution in [1.82, 2.24) is 31.9 Å². The molecule has 0 aliphatic carbocycles. The fourth-order valence-electron chi connectivity index (χ4n) is 2.69. The molecule has 12 heteroatoms. The van der Waals surface area contributed by atoms with E-state index in [1.54, 1.807) is 41.5 Å². The van der Waals surface area contributed by atoms with Crippen LogP contribution in [0.3, 0.4) is 0 Å². The van der Waals surface area contributed by atoms with Crippen LogP contribution in [-0.4, -0.2) is 87.6 Å². The standard InChI is InChI=1S/C24H48N6O6/c1-23(2,3)35-21(33)29-17-19(31)27-15-9-13-25-11-7-8-12-26-14-10-16-28-20(32)18-30-22(34)36-24(4,5)6/h25-26H,7-18H2,1-6H3,(H,27,31)(H,28,32)(H,29,33)(H,30,34). The molecule has 0 saturated heterocycles. The van der Waals surface area contributed by atoms with E-state index in [1.807, 2.05) is 0 Å². The van der Waals surface area contributed by atoms with E-state index in [0.29, 0.717) is 13.1 Å². The molecule has 0 fully saturated rings. The summed E-state index contributed by atoms with van der Waals surface area (Å²) in [6.45, 7) is 14.8. The summed E-state index contributed by atoms with van der Waals surface area (Å²) in [5.74, 6) is -0.493. The van der Waals surface area contributed by atoms with E-state index in [2.05, 4.69) is 31.9 Å². The molecule has 0 aliphatic heterocycles. The largest absolute Gasteiger partial charge is 0.444 e. The van der Waals surface area contributed by atoms with Gasteiger partial charge in [0.05, 0.1) is 13.1 Å². The van der Waals surface area contributed by atoms with Crippen molar-refractivity contribution in [1.29, 1.82) is 0 Å². The smallest absolute Gasteiger partial charge is 0.408 e. The first kappa shape index (κ1) is 33.4. The maximum absolute atomic E-state index is 11.7. The van der Waals surface area contributed by atoms with Gasteiger partial charge in [0, 0.05) is 13.1 Å². The monoisotopic (exact) mass is 516 g/mol. The molecule has 0 bridgehead atoms. The molecule has 0 heterocycles. The Bertz CT molecular complexity index is 604. The first-order chi connectivity index (χ1) is 16.8. The highest BCUT2D eigenvalue weighted by Crippen LogP contribution is 2.06. The Morgan fingerprint density at radius 2 is 0.833 bits per heavy atom. The Balaban J connectivity index is 3.42. The van der Waals surface area contributed by atoms with Gasteiger partial charge < -0.3 is 41.4 Å². The zero-order chi connectivity index (χ0) is 27.5. The van der Waals surface area contributed by atoms with E-state index in [0.717, 1.165) is 51.9 Å². The SMILES string of the molecule is CC(C)(C)OC(=O)NCC(=O)NCCCNCCCCNCCCNC(=O)CNC(=O)OC(C)(C)C. The lowest BCUT2D eigenvalue weighted by atomic mass is 10.2. The molecule has 6 N–H and O–H groups in total. The maximum Gasteiger partial charge on any atom is 0.408 e. The molecule has 0 radical (unpaired) electrons. The van der Waals surface area contributed by atoms with Crippen molar-refractivity contribution in [2.45, 2.75) is 78.4 Å². The van der Waals surface area contributed by atoms with Crippen LogP contribution in [0.15, 0.2) is 0 Å². The number of alkyl carbamates (subject to hydrolysis) is 2. The van der Waals surface area contributed by atoms with Gasteiger partial charge in [0.25, 0.3) is 0 Å². The summed E-state index contributed by atoms with van der Waals surface area (Å²) in [7, 11) is 0. The van der Waals surface area contributed by atoms with E-state index in [1.165, 1.54) is 0 Å². The van der Waals surface area contributed by atoms with Crippen molar-refractivity contribution < 1.29 is 28.7 Å². The van der Waals surface area contributed by atoms with Crippen LogP contribution in [0.5, 0.6) is 0 Å². The summed E-state index contributed by atoms with van der Waals surface area (Å²) in [4.78, 5) is 46.4. The van der Waals surface area contributed by atoms with E-state index in [4.69, 9.17) is 9.47 Å². The van der Waals surface area contributed by atoms with Crippen LogP contribution in [0.4, 0.5) is 9.59 Å². The Kier molecular flexibility index (Phi) is 17.3. The molecule has 0 aromatic rings. The minimum atomic E-state index is -0.606. The summed E-state index contributed by atoms with van der Waals surface area (Å²) < 4.78 is 10.1. The van der Waals surface area contributed by atoms with Gasteiger partial charge in [0.15, 0.2) is 0 Å². The lowest BCUT2D eigenvalue weighted by Gasteiger charge is -2.19. The number of amides is 4. The number of hydrogen-bond donors (Lipinski definition) is 6. The van der Waals surface area contributed by atoms with Crippen LogP contribution < -0.4 is 31.9 Å². The van der Waals surface area contributed by atoms with Crippen molar-refractivity contribution in [3.63, 3.8) is 0 Å². The lowest BCUT2D eigenvalue weighted by Crippen LogP contribution is -2.40. The second-order valence-corrected chi connectivity index (χ2v) is 10.3. The predicted molar refractivity (Wildman–Crippen MR) is 139 cm³/mol. The third-order valence-corrected chi connectivity index (χ3v) is 4.25. The molecule has 0 saturated carbocycles. The Morgan fingerprint density at radius 1 is 0.500 bits per heavy atom. The summed E-state index contributed by atoms with van der Waals surface area (Å²) in [6, 6.07) is 0. The van der Waals surface area contributed by atoms with Gasteiger partial charge in [-0.3, -0.25) is 9.59 Å². The number of unbranched alkanes of at least 4 members (excludes halogenated alkanes) is 1. The minimum absolute atomic E-state index is 0.104. The van der Waals surface area contributed by atoms with Gasteiger partial charge in [0.1, 0.15) is 11.2 Å². The lowest BCUT2D eigenvalue weighted by molar-refractivity contribution is -0.121. The van der Waals surface area contributed by atoms with Crippen LogP contribution in [0.25, 0.3) is 0 Å². The van der Waals surface area contributed by atoms with Crippen LogP contribution in [0.2, 0.25) is 0 Å². The second-order valence-electron chi connectivity index (χ2n) is 10.3.